The van der Waals surface area contributed by atoms with Gasteiger partial charge in [-0.05, 0) is 105 Å². The summed E-state index contributed by atoms with van der Waals surface area (Å²) < 4.78 is 11.7. The molecule has 1 atom stereocenters. The molecule has 0 aromatic carbocycles. The standard InChI is InChI=1S/C16H30O2.C15H28O2/c1-6-15(3,4)14(17)18-16(5,7-2)13-11-9-8-10-12-13;1-6-14(2,3)13(16)17-15(4,5)12-10-8-7-9-11-12/h13H,6-12H2,1-5H3;12H,6-11H2,1-5H3. The summed E-state index contributed by atoms with van der Waals surface area (Å²) in [6, 6.07) is 0. The Hall–Kier alpha value is -1.06. The fraction of sp³-hybridized carbons (Fsp3) is 0.935. The molecule has 0 bridgehead atoms. The Morgan fingerprint density at radius 1 is 0.571 bits per heavy atom. The number of hydrogen-bond acceptors (Lipinski definition) is 4. The molecule has 0 aliphatic heterocycles. The van der Waals surface area contributed by atoms with Crippen molar-refractivity contribution in [2.75, 3.05) is 0 Å². The SMILES string of the molecule is CCC(C)(C)C(=O)OC(C)(C)C1CCCCC1.CCC(C)(C)C(=O)OC(C)(CC)C1CCCCC1. The van der Waals surface area contributed by atoms with Crippen LogP contribution < -0.4 is 0 Å². The zero-order chi connectivity index (χ0) is 26.9. The van der Waals surface area contributed by atoms with Crippen molar-refractivity contribution in [3.63, 3.8) is 0 Å². The molecule has 35 heavy (non-hydrogen) atoms. The number of hydrogen-bond donors (Lipinski definition) is 0. The van der Waals surface area contributed by atoms with Crippen LogP contribution in [0.5, 0.6) is 0 Å². The topological polar surface area (TPSA) is 52.6 Å². The fourth-order valence-electron chi connectivity index (χ4n) is 5.05. The van der Waals surface area contributed by atoms with Crippen molar-refractivity contribution in [2.45, 2.75) is 164 Å². The summed E-state index contributed by atoms with van der Waals surface area (Å²) in [5.74, 6) is 1.01. The number of esters is 2. The third-order valence-electron chi connectivity index (χ3n) is 9.31. The van der Waals surface area contributed by atoms with E-state index in [-0.39, 0.29) is 34.0 Å². The number of carbonyl (C=O) groups excluding carboxylic acids is 2. The minimum absolute atomic E-state index is 0.0278. The molecule has 2 saturated carbocycles. The maximum absolute atomic E-state index is 12.3. The Bertz CT molecular complexity index is 651. The molecule has 0 amide bonds. The van der Waals surface area contributed by atoms with Crippen LogP contribution in [0.2, 0.25) is 0 Å². The molecule has 1 unspecified atom stereocenters. The van der Waals surface area contributed by atoms with E-state index in [1.54, 1.807) is 0 Å². The molecule has 0 radical (unpaired) electrons. The van der Waals surface area contributed by atoms with E-state index in [2.05, 4.69) is 27.7 Å². The fourth-order valence-corrected chi connectivity index (χ4v) is 5.05. The molecule has 2 aliphatic carbocycles. The Balaban J connectivity index is 0.000000351. The molecular weight excluding hydrogens is 436 g/mol. The quantitative estimate of drug-likeness (QED) is 0.300. The maximum atomic E-state index is 12.3. The Morgan fingerprint density at radius 3 is 1.31 bits per heavy atom. The first-order valence-corrected chi connectivity index (χ1v) is 14.6. The van der Waals surface area contributed by atoms with Gasteiger partial charge in [0.05, 0.1) is 10.8 Å². The van der Waals surface area contributed by atoms with Crippen molar-refractivity contribution in [3.05, 3.63) is 0 Å². The molecule has 4 heteroatoms. The molecule has 0 aromatic rings. The second kappa shape index (κ2) is 13.5. The van der Waals surface area contributed by atoms with Crippen LogP contribution in [-0.2, 0) is 19.1 Å². The molecule has 206 valence electrons. The summed E-state index contributed by atoms with van der Waals surface area (Å²) in [7, 11) is 0. The van der Waals surface area contributed by atoms with Gasteiger partial charge in [0.1, 0.15) is 11.2 Å². The third kappa shape index (κ3) is 9.39. The van der Waals surface area contributed by atoms with Gasteiger partial charge in [0.15, 0.2) is 0 Å². The predicted octanol–water partition coefficient (Wildman–Crippen LogP) is 9.04. The van der Waals surface area contributed by atoms with Crippen molar-refractivity contribution in [1.82, 2.24) is 0 Å². The Morgan fingerprint density at radius 2 is 0.943 bits per heavy atom. The van der Waals surface area contributed by atoms with Crippen molar-refractivity contribution in [3.8, 4) is 0 Å². The molecule has 2 aliphatic rings. The van der Waals surface area contributed by atoms with Gasteiger partial charge >= 0.3 is 11.9 Å². The van der Waals surface area contributed by atoms with E-state index in [1.807, 2.05) is 41.5 Å². The van der Waals surface area contributed by atoms with E-state index >= 15 is 0 Å². The van der Waals surface area contributed by atoms with Crippen LogP contribution in [0.1, 0.15) is 153 Å². The van der Waals surface area contributed by atoms with E-state index in [0.717, 1.165) is 19.3 Å². The van der Waals surface area contributed by atoms with Crippen LogP contribution in [-0.4, -0.2) is 23.1 Å². The molecule has 2 rings (SSSR count). The minimum Gasteiger partial charge on any atom is -0.459 e. The Kier molecular flexibility index (Phi) is 12.3. The lowest BCUT2D eigenvalue weighted by Gasteiger charge is -2.40. The smallest absolute Gasteiger partial charge is 0.312 e. The van der Waals surface area contributed by atoms with E-state index in [9.17, 15) is 9.59 Å². The van der Waals surface area contributed by atoms with Crippen LogP contribution in [0.15, 0.2) is 0 Å². The van der Waals surface area contributed by atoms with Crippen molar-refractivity contribution >= 4 is 11.9 Å². The first-order valence-electron chi connectivity index (χ1n) is 14.6. The van der Waals surface area contributed by atoms with Gasteiger partial charge in [-0.25, -0.2) is 0 Å². The lowest BCUT2D eigenvalue weighted by atomic mass is 9.76. The number of ether oxygens (including phenoxy) is 2. The van der Waals surface area contributed by atoms with Gasteiger partial charge < -0.3 is 9.47 Å². The highest BCUT2D eigenvalue weighted by atomic mass is 16.6. The van der Waals surface area contributed by atoms with Gasteiger partial charge in [-0.2, -0.15) is 0 Å². The lowest BCUT2D eigenvalue weighted by molar-refractivity contribution is -0.177. The highest BCUT2D eigenvalue weighted by Gasteiger charge is 2.40. The summed E-state index contributed by atoms with van der Waals surface area (Å²) in [4.78, 5) is 24.4. The summed E-state index contributed by atoms with van der Waals surface area (Å²) in [6.45, 7) is 20.4. The Labute approximate surface area is 217 Å². The molecule has 0 N–H and O–H groups in total. The van der Waals surface area contributed by atoms with Crippen LogP contribution in [0.3, 0.4) is 0 Å². The van der Waals surface area contributed by atoms with Gasteiger partial charge in [-0.1, -0.05) is 59.3 Å². The maximum Gasteiger partial charge on any atom is 0.312 e. The van der Waals surface area contributed by atoms with E-state index < -0.39 is 0 Å². The highest BCUT2D eigenvalue weighted by Crippen LogP contribution is 2.39. The van der Waals surface area contributed by atoms with Gasteiger partial charge in [0.25, 0.3) is 0 Å². The van der Waals surface area contributed by atoms with Crippen LogP contribution in [0.4, 0.5) is 0 Å². The van der Waals surface area contributed by atoms with Crippen LogP contribution >= 0.6 is 0 Å². The molecule has 4 nitrogen and oxygen atoms in total. The number of carbonyl (C=O) groups is 2. The van der Waals surface area contributed by atoms with E-state index in [0.29, 0.717) is 11.8 Å². The summed E-state index contributed by atoms with van der Waals surface area (Å²) in [5.41, 5.74) is -1.27. The second-order valence-electron chi connectivity index (χ2n) is 13.2. The normalized spacial score (nSPS) is 20.3. The average molecular weight is 495 g/mol. The van der Waals surface area contributed by atoms with Crippen LogP contribution in [0, 0.1) is 22.7 Å². The largest absolute Gasteiger partial charge is 0.459 e. The molecule has 2 fully saturated rings. The highest BCUT2D eigenvalue weighted by molar-refractivity contribution is 5.76. The van der Waals surface area contributed by atoms with Gasteiger partial charge in [-0.3, -0.25) is 9.59 Å². The van der Waals surface area contributed by atoms with Crippen molar-refractivity contribution in [2.24, 2.45) is 22.7 Å². The summed E-state index contributed by atoms with van der Waals surface area (Å²) in [6.07, 6.45) is 15.2. The predicted molar refractivity (Wildman–Crippen MR) is 146 cm³/mol. The third-order valence-corrected chi connectivity index (χ3v) is 9.31. The lowest BCUT2D eigenvalue weighted by Crippen LogP contribution is -2.43. The monoisotopic (exact) mass is 494 g/mol. The van der Waals surface area contributed by atoms with E-state index in [1.165, 1.54) is 64.2 Å². The zero-order valence-corrected chi connectivity index (χ0v) is 25.0. The first kappa shape index (κ1) is 32.0. The molecule has 0 saturated heterocycles. The molecule has 0 heterocycles. The number of rotatable bonds is 9. The van der Waals surface area contributed by atoms with Gasteiger partial charge in [-0.15, -0.1) is 0 Å². The van der Waals surface area contributed by atoms with Crippen LogP contribution in [0.25, 0.3) is 0 Å². The first-order chi connectivity index (χ1) is 16.1. The molecule has 0 spiro atoms. The van der Waals surface area contributed by atoms with Crippen molar-refractivity contribution in [1.29, 1.82) is 0 Å². The minimum atomic E-state index is -0.356. The van der Waals surface area contributed by atoms with Gasteiger partial charge in [0.2, 0.25) is 0 Å². The second-order valence-corrected chi connectivity index (χ2v) is 13.2. The molecular formula is C31H58O4. The molecule has 0 aromatic heterocycles. The van der Waals surface area contributed by atoms with E-state index in [4.69, 9.17) is 9.47 Å². The zero-order valence-electron chi connectivity index (χ0n) is 25.0. The summed E-state index contributed by atoms with van der Waals surface area (Å²) in [5, 5.41) is 0. The summed E-state index contributed by atoms with van der Waals surface area (Å²) >= 11 is 0. The van der Waals surface area contributed by atoms with Crippen molar-refractivity contribution < 1.29 is 19.1 Å². The average Bonchev–Trinajstić information content (AvgIpc) is 2.85. The van der Waals surface area contributed by atoms with Gasteiger partial charge in [0, 0.05) is 0 Å².